The molecule has 0 fully saturated rings. The minimum atomic E-state index is -3.90. The maximum Gasteiger partial charge on any atom is 0.239 e. The van der Waals surface area contributed by atoms with Crippen LogP contribution in [-0.4, -0.2) is 28.2 Å². The molecule has 0 bridgehead atoms. The third kappa shape index (κ3) is 5.46. The molecule has 0 aliphatic carbocycles. The van der Waals surface area contributed by atoms with Gasteiger partial charge in [0.1, 0.15) is 17.3 Å². The van der Waals surface area contributed by atoms with Gasteiger partial charge in [-0.05, 0) is 12.5 Å². The Morgan fingerprint density at radius 2 is 1.85 bits per heavy atom. The molecule has 0 saturated heterocycles. The number of nitrogens with two attached hydrogens (primary N) is 1. The zero-order valence-corrected chi connectivity index (χ0v) is 13.4. The van der Waals surface area contributed by atoms with E-state index in [1.54, 1.807) is 0 Å². The Morgan fingerprint density at radius 3 is 2.45 bits per heavy atom. The van der Waals surface area contributed by atoms with Crippen LogP contribution in [0.15, 0.2) is 17.0 Å². The number of ether oxygens (including phenoxy) is 2. The first-order valence-corrected chi connectivity index (χ1v) is 8.39. The van der Waals surface area contributed by atoms with Gasteiger partial charge in [-0.1, -0.05) is 36.5 Å². The Balaban J connectivity index is 2.62. The second-order valence-corrected chi connectivity index (χ2v) is 6.42. The maximum absolute atomic E-state index is 11.3. The molecule has 0 unspecified atom stereocenters. The van der Waals surface area contributed by atoms with Crippen LogP contribution in [0.3, 0.4) is 0 Å². The normalized spacial score (nSPS) is 11.6. The number of halogens is 2. The second-order valence-electron chi connectivity index (χ2n) is 4.07. The largest absolute Gasteiger partial charge is 0.490 e. The van der Waals surface area contributed by atoms with Crippen molar-refractivity contribution in [2.75, 3.05) is 19.8 Å². The first-order valence-electron chi connectivity index (χ1n) is 6.08. The fourth-order valence-electron chi connectivity index (χ4n) is 1.40. The zero-order valence-electron chi connectivity index (χ0n) is 11.1. The van der Waals surface area contributed by atoms with Crippen LogP contribution in [0.25, 0.3) is 0 Å². The molecule has 0 aliphatic rings. The summed E-state index contributed by atoms with van der Waals surface area (Å²) in [5.41, 5.74) is 0. The Morgan fingerprint density at radius 1 is 1.15 bits per heavy atom. The van der Waals surface area contributed by atoms with Gasteiger partial charge in [0.2, 0.25) is 10.0 Å². The highest BCUT2D eigenvalue weighted by atomic mass is 35.5. The lowest BCUT2D eigenvalue weighted by Gasteiger charge is -2.10. The predicted octanol–water partition coefficient (Wildman–Crippen LogP) is 2.84. The molecule has 0 aliphatic heterocycles. The lowest BCUT2D eigenvalue weighted by Crippen LogP contribution is -2.13. The van der Waals surface area contributed by atoms with Crippen LogP contribution in [-0.2, 0) is 14.8 Å². The van der Waals surface area contributed by atoms with Gasteiger partial charge in [-0.3, -0.25) is 0 Å². The molecule has 1 aromatic carbocycles. The lowest BCUT2D eigenvalue weighted by molar-refractivity contribution is 0.0981. The van der Waals surface area contributed by atoms with Gasteiger partial charge in [0.15, 0.2) is 0 Å². The quantitative estimate of drug-likeness (QED) is 0.737. The third-order valence-electron chi connectivity index (χ3n) is 2.42. The van der Waals surface area contributed by atoms with E-state index in [-0.39, 0.29) is 14.9 Å². The van der Waals surface area contributed by atoms with Gasteiger partial charge in [0.05, 0.1) is 16.7 Å². The summed E-state index contributed by atoms with van der Waals surface area (Å²) in [6.45, 7) is 3.48. The molecule has 0 radical (unpaired) electrons. The van der Waals surface area contributed by atoms with Crippen molar-refractivity contribution in [3.8, 4) is 5.75 Å². The summed E-state index contributed by atoms with van der Waals surface area (Å²) in [6.07, 6.45) is 2.06. The van der Waals surface area contributed by atoms with E-state index in [9.17, 15) is 8.42 Å². The molecule has 0 atom stereocenters. The molecule has 1 aromatic rings. The highest BCUT2D eigenvalue weighted by Crippen LogP contribution is 2.32. The van der Waals surface area contributed by atoms with E-state index in [0.717, 1.165) is 12.8 Å². The third-order valence-corrected chi connectivity index (χ3v) is 4.09. The molecular formula is C12H17Cl2NO4S. The Hall–Kier alpha value is -0.530. The number of sulfonamides is 1. The predicted molar refractivity (Wildman–Crippen MR) is 79.1 cm³/mol. The van der Waals surface area contributed by atoms with E-state index in [1.165, 1.54) is 12.1 Å². The molecule has 114 valence electrons. The minimum Gasteiger partial charge on any atom is -0.490 e. The molecule has 0 amide bonds. The number of hydrogen-bond acceptors (Lipinski definition) is 4. The standard InChI is InChI=1S/C12H17Cl2NO4S/c1-2-3-4-18-5-6-19-11-7-10(14)12(8-9(11)13)20(15,16)17/h7-8H,2-6H2,1H3,(H2,15,16,17). The number of benzene rings is 1. The summed E-state index contributed by atoms with van der Waals surface area (Å²) < 4.78 is 33.2. The molecule has 5 nitrogen and oxygen atoms in total. The van der Waals surface area contributed by atoms with Crippen LogP contribution in [0, 0.1) is 0 Å². The summed E-state index contributed by atoms with van der Waals surface area (Å²) in [5, 5.41) is 5.12. The van der Waals surface area contributed by atoms with Gasteiger partial charge in [-0.25, -0.2) is 13.6 Å². The van der Waals surface area contributed by atoms with E-state index >= 15 is 0 Å². The van der Waals surface area contributed by atoms with Crippen LogP contribution in [0.2, 0.25) is 10.0 Å². The lowest BCUT2D eigenvalue weighted by atomic mass is 10.3. The summed E-state index contributed by atoms with van der Waals surface area (Å²) in [5.74, 6) is 0.295. The Kier molecular flexibility index (Phi) is 7.05. The molecule has 2 N–H and O–H groups in total. The molecule has 0 aromatic heterocycles. The summed E-state index contributed by atoms with van der Waals surface area (Å²) in [6, 6.07) is 2.50. The van der Waals surface area contributed by atoms with Gasteiger partial charge < -0.3 is 9.47 Å². The maximum atomic E-state index is 11.3. The van der Waals surface area contributed by atoms with Crippen molar-refractivity contribution in [1.29, 1.82) is 0 Å². The molecule has 0 spiro atoms. The number of unbranched alkanes of at least 4 members (excludes halogenated alkanes) is 1. The van der Waals surface area contributed by atoms with Crippen molar-refractivity contribution >= 4 is 33.2 Å². The van der Waals surface area contributed by atoms with Crippen molar-refractivity contribution in [3.05, 3.63) is 22.2 Å². The van der Waals surface area contributed by atoms with Crippen LogP contribution in [0.5, 0.6) is 5.75 Å². The van der Waals surface area contributed by atoms with Gasteiger partial charge in [0, 0.05) is 12.7 Å². The smallest absolute Gasteiger partial charge is 0.239 e. The van der Waals surface area contributed by atoms with Gasteiger partial charge in [-0.2, -0.15) is 0 Å². The van der Waals surface area contributed by atoms with E-state index in [1.807, 2.05) is 0 Å². The monoisotopic (exact) mass is 341 g/mol. The van der Waals surface area contributed by atoms with Crippen LogP contribution >= 0.6 is 23.2 Å². The number of rotatable bonds is 8. The van der Waals surface area contributed by atoms with Crippen LogP contribution < -0.4 is 9.88 Å². The van der Waals surface area contributed by atoms with Gasteiger partial charge in [0.25, 0.3) is 0 Å². The van der Waals surface area contributed by atoms with E-state index in [4.69, 9.17) is 37.8 Å². The first kappa shape index (κ1) is 17.5. The summed E-state index contributed by atoms with van der Waals surface area (Å²) in [7, 11) is -3.90. The summed E-state index contributed by atoms with van der Waals surface area (Å²) in [4.78, 5) is -0.226. The first-order chi connectivity index (χ1) is 9.36. The zero-order chi connectivity index (χ0) is 15.2. The SMILES string of the molecule is CCCCOCCOc1cc(Cl)c(S(N)(=O)=O)cc1Cl. The summed E-state index contributed by atoms with van der Waals surface area (Å²) >= 11 is 11.8. The van der Waals surface area contributed by atoms with E-state index in [2.05, 4.69) is 6.92 Å². The molecular weight excluding hydrogens is 325 g/mol. The Bertz CT molecular complexity index is 549. The number of hydrogen-bond donors (Lipinski definition) is 1. The van der Waals surface area contributed by atoms with E-state index in [0.29, 0.717) is 25.6 Å². The van der Waals surface area contributed by atoms with Gasteiger partial charge in [-0.15, -0.1) is 0 Å². The molecule has 0 saturated carbocycles. The van der Waals surface area contributed by atoms with Crippen molar-refractivity contribution < 1.29 is 17.9 Å². The van der Waals surface area contributed by atoms with Crippen LogP contribution in [0.4, 0.5) is 0 Å². The average Bonchev–Trinajstić information content (AvgIpc) is 2.35. The van der Waals surface area contributed by atoms with Crippen molar-refractivity contribution in [3.63, 3.8) is 0 Å². The van der Waals surface area contributed by atoms with Crippen molar-refractivity contribution in [1.82, 2.24) is 0 Å². The van der Waals surface area contributed by atoms with Crippen LogP contribution in [0.1, 0.15) is 19.8 Å². The van der Waals surface area contributed by atoms with Gasteiger partial charge >= 0.3 is 0 Å². The molecule has 1 rings (SSSR count). The number of primary sulfonamides is 1. The minimum absolute atomic E-state index is 0.0289. The fourth-order valence-corrected chi connectivity index (χ4v) is 2.77. The second kappa shape index (κ2) is 8.05. The topological polar surface area (TPSA) is 78.6 Å². The Labute approximate surface area is 129 Å². The highest BCUT2D eigenvalue weighted by molar-refractivity contribution is 7.89. The van der Waals surface area contributed by atoms with Crippen molar-refractivity contribution in [2.24, 2.45) is 5.14 Å². The average molecular weight is 342 g/mol. The molecule has 20 heavy (non-hydrogen) atoms. The molecule has 0 heterocycles. The molecule has 8 heteroatoms. The highest BCUT2D eigenvalue weighted by Gasteiger charge is 2.16. The van der Waals surface area contributed by atoms with Crippen molar-refractivity contribution in [2.45, 2.75) is 24.7 Å². The fraction of sp³-hybridized carbons (Fsp3) is 0.500. The van der Waals surface area contributed by atoms with E-state index < -0.39 is 10.0 Å².